The van der Waals surface area contributed by atoms with Crippen molar-refractivity contribution in [1.29, 1.82) is 0 Å². The molecule has 3 heteroatoms. The Hall–Kier alpha value is -2.16. The normalized spacial score (nSPS) is 11.4. The molecule has 21 heavy (non-hydrogen) atoms. The van der Waals surface area contributed by atoms with Crippen LogP contribution in [0.5, 0.6) is 5.75 Å². The van der Waals surface area contributed by atoms with Crippen LogP contribution in [0, 0.1) is 5.82 Å². The number of rotatable bonds is 4. The Labute approximate surface area is 124 Å². The van der Waals surface area contributed by atoms with E-state index in [0.717, 1.165) is 17.5 Å². The number of carbonyl (C=O) groups is 1. The molecule has 0 saturated heterocycles. The van der Waals surface area contributed by atoms with Crippen LogP contribution in [-0.4, -0.2) is 11.4 Å². The lowest BCUT2D eigenvalue weighted by Crippen LogP contribution is -2.15. The first kappa shape index (κ1) is 15.2. The molecule has 0 unspecified atom stereocenters. The predicted octanol–water partition coefficient (Wildman–Crippen LogP) is 4.70. The highest BCUT2D eigenvalue weighted by Crippen LogP contribution is 2.36. The molecule has 110 valence electrons. The Kier molecular flexibility index (Phi) is 4.12. The van der Waals surface area contributed by atoms with Crippen LogP contribution in [0.2, 0.25) is 0 Å². The molecule has 0 aromatic heterocycles. The monoisotopic (exact) mass is 286 g/mol. The predicted molar refractivity (Wildman–Crippen MR) is 82.2 cm³/mol. The number of phenolic OH excluding ortho intramolecular Hbond substituents is 1. The molecule has 2 aromatic rings. The van der Waals surface area contributed by atoms with E-state index in [1.165, 1.54) is 12.1 Å². The zero-order chi connectivity index (χ0) is 15.6. The number of aromatic hydroxyl groups is 1. The van der Waals surface area contributed by atoms with Gasteiger partial charge in [-0.25, -0.2) is 4.39 Å². The van der Waals surface area contributed by atoms with Crippen molar-refractivity contribution in [2.45, 2.75) is 32.6 Å². The summed E-state index contributed by atoms with van der Waals surface area (Å²) in [6, 6.07) is 9.45. The summed E-state index contributed by atoms with van der Waals surface area (Å²) in [5.74, 6) is -0.211. The molecule has 1 N–H and O–H groups in total. The van der Waals surface area contributed by atoms with Gasteiger partial charge in [0.25, 0.3) is 0 Å². The van der Waals surface area contributed by atoms with E-state index in [1.807, 2.05) is 19.9 Å². The van der Waals surface area contributed by atoms with Gasteiger partial charge in [0, 0.05) is 11.1 Å². The van der Waals surface area contributed by atoms with Crippen LogP contribution in [-0.2, 0) is 5.41 Å². The summed E-state index contributed by atoms with van der Waals surface area (Å²) in [5.41, 5.74) is 2.35. The average Bonchev–Trinajstić information content (AvgIpc) is 2.46. The number of phenols is 1. The van der Waals surface area contributed by atoms with Crippen LogP contribution < -0.4 is 0 Å². The topological polar surface area (TPSA) is 37.3 Å². The van der Waals surface area contributed by atoms with Gasteiger partial charge < -0.3 is 5.11 Å². The number of carbonyl (C=O) groups excluding carboxylic acids is 1. The quantitative estimate of drug-likeness (QED) is 0.827. The van der Waals surface area contributed by atoms with Gasteiger partial charge in [-0.2, -0.15) is 0 Å². The molecule has 0 aliphatic carbocycles. The van der Waals surface area contributed by atoms with Crippen molar-refractivity contribution in [3.05, 3.63) is 53.3 Å². The van der Waals surface area contributed by atoms with Gasteiger partial charge in [-0.05, 0) is 53.3 Å². The van der Waals surface area contributed by atoms with Crippen LogP contribution >= 0.6 is 0 Å². The molecule has 0 amide bonds. The van der Waals surface area contributed by atoms with Gasteiger partial charge in [0.05, 0.1) is 0 Å². The Bertz CT molecular complexity index is 675. The molecule has 0 radical (unpaired) electrons. The molecule has 0 fully saturated rings. The maximum absolute atomic E-state index is 13.6. The Morgan fingerprint density at radius 1 is 1.14 bits per heavy atom. The van der Waals surface area contributed by atoms with Crippen LogP contribution in [0.1, 0.15) is 43.1 Å². The SMILES string of the molecule is CCC(C)(C)c1cc(-c2cc(F)cc(C=O)c2)ccc1O. The lowest BCUT2D eigenvalue weighted by atomic mass is 9.80. The van der Waals surface area contributed by atoms with Crippen LogP contribution in [0.25, 0.3) is 11.1 Å². The number of benzene rings is 2. The van der Waals surface area contributed by atoms with Gasteiger partial charge in [-0.3, -0.25) is 4.79 Å². The maximum Gasteiger partial charge on any atom is 0.150 e. The van der Waals surface area contributed by atoms with Crippen molar-refractivity contribution in [3.63, 3.8) is 0 Å². The molecule has 2 nitrogen and oxygen atoms in total. The minimum Gasteiger partial charge on any atom is -0.508 e. The smallest absolute Gasteiger partial charge is 0.150 e. The number of halogens is 1. The third kappa shape index (κ3) is 3.13. The first-order chi connectivity index (χ1) is 9.87. The maximum atomic E-state index is 13.6. The molecule has 0 aliphatic rings. The number of hydrogen-bond donors (Lipinski definition) is 1. The van der Waals surface area contributed by atoms with E-state index < -0.39 is 5.82 Å². The summed E-state index contributed by atoms with van der Waals surface area (Å²) < 4.78 is 13.6. The summed E-state index contributed by atoms with van der Waals surface area (Å²) in [5, 5.41) is 10.1. The summed E-state index contributed by atoms with van der Waals surface area (Å²) in [4.78, 5) is 10.9. The van der Waals surface area contributed by atoms with E-state index in [9.17, 15) is 14.3 Å². The van der Waals surface area contributed by atoms with E-state index in [2.05, 4.69) is 6.92 Å². The van der Waals surface area contributed by atoms with Gasteiger partial charge in [-0.15, -0.1) is 0 Å². The molecule has 0 aliphatic heterocycles. The number of aldehydes is 1. The van der Waals surface area contributed by atoms with E-state index in [1.54, 1.807) is 18.2 Å². The third-order valence-corrected chi connectivity index (χ3v) is 4.00. The second kappa shape index (κ2) is 5.68. The summed E-state index contributed by atoms with van der Waals surface area (Å²) in [6.45, 7) is 6.15. The Morgan fingerprint density at radius 2 is 1.86 bits per heavy atom. The van der Waals surface area contributed by atoms with Crippen LogP contribution in [0.3, 0.4) is 0 Å². The van der Waals surface area contributed by atoms with Gasteiger partial charge in [0.1, 0.15) is 17.9 Å². The second-order valence-corrected chi connectivity index (χ2v) is 5.86. The van der Waals surface area contributed by atoms with Crippen molar-refractivity contribution < 1.29 is 14.3 Å². The minimum atomic E-state index is -0.445. The fourth-order valence-corrected chi connectivity index (χ4v) is 2.30. The van der Waals surface area contributed by atoms with Gasteiger partial charge in [0.2, 0.25) is 0 Å². The molecule has 2 aromatic carbocycles. The van der Waals surface area contributed by atoms with Crippen molar-refractivity contribution in [2.75, 3.05) is 0 Å². The van der Waals surface area contributed by atoms with Gasteiger partial charge in [0.15, 0.2) is 0 Å². The van der Waals surface area contributed by atoms with Crippen LogP contribution in [0.4, 0.5) is 4.39 Å². The molecular weight excluding hydrogens is 267 g/mol. The Morgan fingerprint density at radius 3 is 2.48 bits per heavy atom. The molecule has 0 spiro atoms. The molecule has 0 atom stereocenters. The fraction of sp³-hybridized carbons (Fsp3) is 0.278. The molecule has 0 bridgehead atoms. The first-order valence-electron chi connectivity index (χ1n) is 6.97. The number of hydrogen-bond acceptors (Lipinski definition) is 2. The van der Waals surface area contributed by atoms with Crippen LogP contribution in [0.15, 0.2) is 36.4 Å². The lowest BCUT2D eigenvalue weighted by molar-refractivity contribution is 0.112. The molecule has 0 heterocycles. The van der Waals surface area contributed by atoms with Crippen molar-refractivity contribution in [1.82, 2.24) is 0 Å². The van der Waals surface area contributed by atoms with E-state index in [4.69, 9.17) is 0 Å². The highest BCUT2D eigenvalue weighted by atomic mass is 19.1. The van der Waals surface area contributed by atoms with Crippen molar-refractivity contribution >= 4 is 6.29 Å². The standard InChI is InChI=1S/C18H19FO2/c1-4-18(2,3)16-10-13(5-6-17(16)21)14-7-12(11-20)8-15(19)9-14/h5-11,21H,4H2,1-3H3. The molecule has 0 saturated carbocycles. The van der Waals surface area contributed by atoms with Crippen molar-refractivity contribution in [2.24, 2.45) is 0 Å². The summed E-state index contributed by atoms with van der Waals surface area (Å²) in [7, 11) is 0. The zero-order valence-electron chi connectivity index (χ0n) is 12.5. The molecule has 2 rings (SSSR count). The molecular formula is C18H19FO2. The Balaban J connectivity index is 2.58. The lowest BCUT2D eigenvalue weighted by Gasteiger charge is -2.25. The van der Waals surface area contributed by atoms with E-state index in [0.29, 0.717) is 17.4 Å². The van der Waals surface area contributed by atoms with Gasteiger partial charge in [-0.1, -0.05) is 26.8 Å². The third-order valence-electron chi connectivity index (χ3n) is 4.00. The van der Waals surface area contributed by atoms with Crippen molar-refractivity contribution in [3.8, 4) is 16.9 Å². The summed E-state index contributed by atoms with van der Waals surface area (Å²) in [6.07, 6.45) is 1.50. The fourth-order valence-electron chi connectivity index (χ4n) is 2.30. The average molecular weight is 286 g/mol. The largest absolute Gasteiger partial charge is 0.508 e. The highest BCUT2D eigenvalue weighted by molar-refractivity contribution is 5.79. The second-order valence-electron chi connectivity index (χ2n) is 5.86. The van der Waals surface area contributed by atoms with E-state index in [-0.39, 0.29) is 11.2 Å². The summed E-state index contributed by atoms with van der Waals surface area (Å²) >= 11 is 0. The van der Waals surface area contributed by atoms with Gasteiger partial charge >= 0.3 is 0 Å². The van der Waals surface area contributed by atoms with E-state index >= 15 is 0 Å². The first-order valence-corrected chi connectivity index (χ1v) is 6.97. The highest BCUT2D eigenvalue weighted by Gasteiger charge is 2.22. The zero-order valence-corrected chi connectivity index (χ0v) is 12.5. The minimum absolute atomic E-state index is 0.180.